The minimum absolute atomic E-state index is 0.137. The van der Waals surface area contributed by atoms with Crippen LogP contribution in [-0.4, -0.2) is 41.2 Å². The second kappa shape index (κ2) is 6.57. The largest absolute Gasteiger partial charge is 0.444 e. The molecule has 0 saturated heterocycles. The second-order valence-corrected chi connectivity index (χ2v) is 4.59. The fourth-order valence-corrected chi connectivity index (χ4v) is 1.03. The van der Waals surface area contributed by atoms with Crippen LogP contribution in [0.3, 0.4) is 0 Å². The van der Waals surface area contributed by atoms with Crippen LogP contribution in [0.1, 0.15) is 20.8 Å². The van der Waals surface area contributed by atoms with Crippen molar-refractivity contribution in [1.29, 1.82) is 0 Å². The summed E-state index contributed by atoms with van der Waals surface area (Å²) in [5.41, 5.74) is -0.547. The van der Waals surface area contributed by atoms with E-state index in [1.54, 1.807) is 20.8 Å². The standard InChI is InChI=1S/C10H17N5O4/c1-10(2,3)18-9(17)12-5-4-11-8(16)14-7-6-13-15-19-7/h6H,4-5H2,1-3H3,(H,12,17)(H2,11,14,16). The Balaban J connectivity index is 2.10. The highest BCUT2D eigenvalue weighted by atomic mass is 16.6. The number of carbonyl (C=O) groups excluding carboxylic acids is 2. The summed E-state index contributed by atoms with van der Waals surface area (Å²) >= 11 is 0. The van der Waals surface area contributed by atoms with E-state index in [9.17, 15) is 9.59 Å². The number of urea groups is 1. The lowest BCUT2D eigenvalue weighted by Gasteiger charge is -2.19. The topological polar surface area (TPSA) is 118 Å². The van der Waals surface area contributed by atoms with E-state index >= 15 is 0 Å². The Kier molecular flexibility index (Phi) is 5.10. The number of anilines is 1. The van der Waals surface area contributed by atoms with Crippen molar-refractivity contribution in [2.24, 2.45) is 0 Å². The number of nitrogens with one attached hydrogen (secondary N) is 3. The van der Waals surface area contributed by atoms with Gasteiger partial charge in [-0.1, -0.05) is 0 Å². The third kappa shape index (κ3) is 6.86. The quantitative estimate of drug-likeness (QED) is 0.694. The van der Waals surface area contributed by atoms with Crippen molar-refractivity contribution in [2.75, 3.05) is 18.4 Å². The van der Waals surface area contributed by atoms with Gasteiger partial charge in [0.1, 0.15) is 11.8 Å². The molecule has 9 heteroatoms. The third-order valence-corrected chi connectivity index (χ3v) is 1.68. The van der Waals surface area contributed by atoms with Gasteiger partial charge in [-0.2, -0.15) is 0 Å². The first-order chi connectivity index (χ1) is 8.87. The fraction of sp³-hybridized carbons (Fsp3) is 0.600. The normalized spacial score (nSPS) is 10.7. The summed E-state index contributed by atoms with van der Waals surface area (Å²) in [6.07, 6.45) is 0.729. The molecule has 9 nitrogen and oxygen atoms in total. The number of hydrogen-bond acceptors (Lipinski definition) is 6. The predicted molar refractivity (Wildman–Crippen MR) is 65.6 cm³/mol. The summed E-state index contributed by atoms with van der Waals surface area (Å²) in [7, 11) is 0. The Labute approximate surface area is 110 Å². The van der Waals surface area contributed by atoms with Crippen molar-refractivity contribution in [3.63, 3.8) is 0 Å². The zero-order valence-corrected chi connectivity index (χ0v) is 11.0. The highest BCUT2D eigenvalue weighted by Crippen LogP contribution is 2.06. The lowest BCUT2D eigenvalue weighted by Crippen LogP contribution is -2.39. The maximum atomic E-state index is 11.3. The average Bonchev–Trinajstić information content (AvgIpc) is 2.74. The molecule has 1 aromatic rings. The molecule has 1 heterocycles. The molecule has 0 aromatic carbocycles. The van der Waals surface area contributed by atoms with Crippen molar-refractivity contribution >= 4 is 18.0 Å². The molecule has 1 rings (SSSR count). The van der Waals surface area contributed by atoms with Gasteiger partial charge in [0.25, 0.3) is 5.88 Å². The molecule has 0 saturated carbocycles. The van der Waals surface area contributed by atoms with Gasteiger partial charge >= 0.3 is 12.1 Å². The van der Waals surface area contributed by atoms with Gasteiger partial charge < -0.3 is 19.9 Å². The molecule has 3 N–H and O–H groups in total. The summed E-state index contributed by atoms with van der Waals surface area (Å²) < 4.78 is 9.60. The fourth-order valence-electron chi connectivity index (χ4n) is 1.03. The van der Waals surface area contributed by atoms with Crippen molar-refractivity contribution in [3.8, 4) is 0 Å². The van der Waals surface area contributed by atoms with Crippen LogP contribution in [0.25, 0.3) is 0 Å². The molecule has 3 amide bonds. The maximum Gasteiger partial charge on any atom is 0.407 e. The van der Waals surface area contributed by atoms with Crippen molar-refractivity contribution < 1.29 is 18.8 Å². The number of nitrogens with zero attached hydrogens (tertiary/aromatic N) is 2. The first-order valence-corrected chi connectivity index (χ1v) is 5.66. The SMILES string of the molecule is CC(C)(C)OC(=O)NCCNC(=O)Nc1cnno1. The second-order valence-electron chi connectivity index (χ2n) is 4.59. The molecule has 0 aliphatic carbocycles. The van der Waals surface area contributed by atoms with E-state index in [-0.39, 0.29) is 19.0 Å². The smallest absolute Gasteiger partial charge is 0.407 e. The van der Waals surface area contributed by atoms with Gasteiger partial charge in [0.15, 0.2) is 0 Å². The summed E-state index contributed by atoms with van der Waals surface area (Å²) in [5.74, 6) is 0.137. The highest BCUT2D eigenvalue weighted by molar-refractivity contribution is 5.87. The Morgan fingerprint density at radius 3 is 2.58 bits per heavy atom. The first kappa shape index (κ1) is 14.7. The molecular weight excluding hydrogens is 254 g/mol. The molecule has 106 valence electrons. The minimum atomic E-state index is -0.547. The zero-order chi connectivity index (χ0) is 14.3. The van der Waals surface area contributed by atoms with Crippen LogP contribution in [0.15, 0.2) is 10.7 Å². The summed E-state index contributed by atoms with van der Waals surface area (Å²) in [5, 5.41) is 14.0. The zero-order valence-electron chi connectivity index (χ0n) is 11.0. The number of ether oxygens (including phenoxy) is 1. The van der Waals surface area contributed by atoms with Crippen LogP contribution in [0.5, 0.6) is 0 Å². The Morgan fingerprint density at radius 2 is 2.00 bits per heavy atom. The lowest BCUT2D eigenvalue weighted by molar-refractivity contribution is 0.0528. The van der Waals surface area contributed by atoms with Gasteiger partial charge in [0.2, 0.25) is 0 Å². The molecule has 0 atom stereocenters. The van der Waals surface area contributed by atoms with Crippen LogP contribution in [0, 0.1) is 0 Å². The molecule has 0 bridgehead atoms. The molecule has 0 fully saturated rings. The van der Waals surface area contributed by atoms with E-state index in [2.05, 4.69) is 30.8 Å². The predicted octanol–water partition coefficient (Wildman–Crippen LogP) is 0.716. The number of aromatic nitrogens is 2. The van der Waals surface area contributed by atoms with Crippen molar-refractivity contribution in [2.45, 2.75) is 26.4 Å². The molecular formula is C10H17N5O4. The highest BCUT2D eigenvalue weighted by Gasteiger charge is 2.15. The summed E-state index contributed by atoms with van der Waals surface area (Å²) in [4.78, 5) is 22.6. The van der Waals surface area contributed by atoms with Gasteiger partial charge in [0.05, 0.1) is 0 Å². The van der Waals surface area contributed by atoms with Crippen LogP contribution in [-0.2, 0) is 4.74 Å². The molecule has 0 radical (unpaired) electrons. The number of carbonyl (C=O) groups is 2. The number of rotatable bonds is 4. The van der Waals surface area contributed by atoms with Gasteiger partial charge in [-0.3, -0.25) is 5.32 Å². The van der Waals surface area contributed by atoms with Crippen LogP contribution in [0.2, 0.25) is 0 Å². The Bertz CT molecular complexity index is 412. The van der Waals surface area contributed by atoms with Gasteiger partial charge in [-0.15, -0.1) is 5.10 Å². The van der Waals surface area contributed by atoms with Gasteiger partial charge in [-0.25, -0.2) is 9.59 Å². The Hall–Kier alpha value is -2.32. The van der Waals surface area contributed by atoms with E-state index < -0.39 is 17.7 Å². The third-order valence-electron chi connectivity index (χ3n) is 1.68. The van der Waals surface area contributed by atoms with Crippen molar-refractivity contribution in [3.05, 3.63) is 6.20 Å². The van der Waals surface area contributed by atoms with E-state index in [0.717, 1.165) is 0 Å². The van der Waals surface area contributed by atoms with E-state index in [1.807, 2.05) is 0 Å². The van der Waals surface area contributed by atoms with E-state index in [0.29, 0.717) is 0 Å². The molecule has 0 aliphatic heterocycles. The lowest BCUT2D eigenvalue weighted by atomic mass is 10.2. The number of amides is 3. The van der Waals surface area contributed by atoms with Gasteiger partial charge in [0, 0.05) is 18.4 Å². The molecule has 0 spiro atoms. The van der Waals surface area contributed by atoms with Crippen molar-refractivity contribution in [1.82, 2.24) is 21.0 Å². The number of hydrogen-bond donors (Lipinski definition) is 3. The van der Waals surface area contributed by atoms with Gasteiger partial charge in [-0.05, 0) is 20.8 Å². The average molecular weight is 271 g/mol. The van der Waals surface area contributed by atoms with E-state index in [4.69, 9.17) is 4.74 Å². The van der Waals surface area contributed by atoms with E-state index in [1.165, 1.54) is 6.20 Å². The number of alkyl carbamates (subject to hydrolysis) is 1. The summed E-state index contributed by atoms with van der Waals surface area (Å²) in [6, 6.07) is -0.482. The Morgan fingerprint density at radius 1 is 1.32 bits per heavy atom. The monoisotopic (exact) mass is 271 g/mol. The summed E-state index contributed by atoms with van der Waals surface area (Å²) in [6.45, 7) is 5.79. The molecule has 0 unspecified atom stereocenters. The minimum Gasteiger partial charge on any atom is -0.444 e. The van der Waals surface area contributed by atoms with Crippen LogP contribution >= 0.6 is 0 Å². The maximum absolute atomic E-state index is 11.3. The van der Waals surface area contributed by atoms with Crippen LogP contribution in [0.4, 0.5) is 15.5 Å². The van der Waals surface area contributed by atoms with Crippen LogP contribution < -0.4 is 16.0 Å². The molecule has 1 aromatic heterocycles. The first-order valence-electron chi connectivity index (χ1n) is 5.66. The molecule has 0 aliphatic rings. The molecule has 19 heavy (non-hydrogen) atoms.